The minimum absolute atomic E-state index is 0.144. The number of nitro groups is 1. The Bertz CT molecular complexity index is 527. The lowest BCUT2D eigenvalue weighted by molar-refractivity contribution is -0.384. The van der Waals surface area contributed by atoms with E-state index in [0.717, 1.165) is 0 Å². The fourth-order valence-electron chi connectivity index (χ4n) is 1.98. The fraction of sp³-hybridized carbons (Fsp3) is 0.364. The third-order valence-electron chi connectivity index (χ3n) is 2.84. The monoisotopic (exact) mass is 251 g/mol. The molecule has 1 heterocycles. The molecule has 1 aliphatic rings. The van der Waals surface area contributed by atoms with Crippen molar-refractivity contribution in [1.29, 1.82) is 0 Å². The van der Waals surface area contributed by atoms with Crippen LogP contribution in [0.3, 0.4) is 0 Å². The molecule has 18 heavy (non-hydrogen) atoms. The van der Waals surface area contributed by atoms with Crippen LogP contribution in [0.15, 0.2) is 18.2 Å². The molecule has 1 aliphatic heterocycles. The lowest BCUT2D eigenvalue weighted by atomic mass is 9.95. The third-order valence-corrected chi connectivity index (χ3v) is 2.84. The SMILES string of the molecule is CC1(C)Oc2cccc([N+](=O)[O-])c2NC1C(N)=O. The number of nitrogens with two attached hydrogens (primary N) is 1. The Morgan fingerprint density at radius 2 is 2.22 bits per heavy atom. The van der Waals surface area contributed by atoms with Crippen LogP contribution in [-0.2, 0) is 4.79 Å². The lowest BCUT2D eigenvalue weighted by Crippen LogP contribution is -2.56. The summed E-state index contributed by atoms with van der Waals surface area (Å²) < 4.78 is 5.62. The van der Waals surface area contributed by atoms with Crippen molar-refractivity contribution in [3.8, 4) is 5.75 Å². The number of nitrogens with zero attached hydrogens (tertiary/aromatic N) is 1. The molecule has 2 rings (SSSR count). The molecule has 0 radical (unpaired) electrons. The Labute approximate surface area is 103 Å². The van der Waals surface area contributed by atoms with Crippen molar-refractivity contribution in [3.63, 3.8) is 0 Å². The maximum absolute atomic E-state index is 11.4. The molecule has 0 aliphatic carbocycles. The summed E-state index contributed by atoms with van der Waals surface area (Å²) in [4.78, 5) is 21.7. The topological polar surface area (TPSA) is 107 Å². The molecule has 1 amide bonds. The molecular weight excluding hydrogens is 238 g/mol. The summed E-state index contributed by atoms with van der Waals surface area (Å²) in [5, 5.41) is 13.7. The van der Waals surface area contributed by atoms with Gasteiger partial charge in [0.25, 0.3) is 5.69 Å². The number of anilines is 1. The van der Waals surface area contributed by atoms with Gasteiger partial charge < -0.3 is 15.8 Å². The summed E-state index contributed by atoms with van der Waals surface area (Å²) in [5.74, 6) is -0.282. The third kappa shape index (κ3) is 1.83. The second-order valence-corrected chi connectivity index (χ2v) is 4.59. The van der Waals surface area contributed by atoms with Crippen LogP contribution in [0.1, 0.15) is 13.8 Å². The molecule has 0 fully saturated rings. The first kappa shape index (κ1) is 12.2. The van der Waals surface area contributed by atoms with E-state index in [2.05, 4.69) is 5.32 Å². The highest BCUT2D eigenvalue weighted by Gasteiger charge is 2.42. The van der Waals surface area contributed by atoms with Crippen LogP contribution in [0, 0.1) is 10.1 Å². The van der Waals surface area contributed by atoms with Crippen LogP contribution in [0.2, 0.25) is 0 Å². The molecule has 3 N–H and O–H groups in total. The van der Waals surface area contributed by atoms with Crippen LogP contribution < -0.4 is 15.8 Å². The summed E-state index contributed by atoms with van der Waals surface area (Å²) in [6.45, 7) is 3.38. The van der Waals surface area contributed by atoms with Crippen molar-refractivity contribution >= 4 is 17.3 Å². The number of para-hydroxylation sites is 1. The van der Waals surface area contributed by atoms with Crippen LogP contribution in [-0.4, -0.2) is 22.5 Å². The highest BCUT2D eigenvalue weighted by atomic mass is 16.6. The minimum Gasteiger partial charge on any atom is -0.483 e. The Kier molecular flexibility index (Phi) is 2.61. The van der Waals surface area contributed by atoms with E-state index in [9.17, 15) is 14.9 Å². The van der Waals surface area contributed by atoms with E-state index < -0.39 is 22.5 Å². The van der Waals surface area contributed by atoms with Gasteiger partial charge in [0, 0.05) is 6.07 Å². The molecule has 1 aromatic rings. The molecule has 7 nitrogen and oxygen atoms in total. The van der Waals surface area contributed by atoms with Gasteiger partial charge in [-0.2, -0.15) is 0 Å². The minimum atomic E-state index is -0.867. The molecule has 96 valence electrons. The van der Waals surface area contributed by atoms with Crippen molar-refractivity contribution in [2.24, 2.45) is 5.73 Å². The van der Waals surface area contributed by atoms with E-state index in [4.69, 9.17) is 10.5 Å². The number of rotatable bonds is 2. The van der Waals surface area contributed by atoms with Gasteiger partial charge in [0.05, 0.1) is 4.92 Å². The number of hydrogen-bond acceptors (Lipinski definition) is 5. The van der Waals surface area contributed by atoms with Gasteiger partial charge >= 0.3 is 0 Å². The molecule has 7 heteroatoms. The van der Waals surface area contributed by atoms with Gasteiger partial charge in [0.1, 0.15) is 17.4 Å². The standard InChI is InChI=1S/C11H13N3O4/c1-11(2)9(10(12)15)13-8-6(14(16)17)4-3-5-7(8)18-11/h3-5,9,13H,1-2H3,(H2,12,15). The Balaban J connectivity index is 2.53. The number of ether oxygens (including phenoxy) is 1. The molecule has 0 bridgehead atoms. The van der Waals surface area contributed by atoms with Crippen molar-refractivity contribution < 1.29 is 14.5 Å². The average molecular weight is 251 g/mol. The molecule has 0 saturated heterocycles. The van der Waals surface area contributed by atoms with E-state index >= 15 is 0 Å². The first-order chi connectivity index (χ1) is 8.33. The van der Waals surface area contributed by atoms with Crippen molar-refractivity contribution in [2.75, 3.05) is 5.32 Å². The van der Waals surface area contributed by atoms with Crippen LogP contribution in [0.25, 0.3) is 0 Å². The lowest BCUT2D eigenvalue weighted by Gasteiger charge is -2.38. The van der Waals surface area contributed by atoms with Crippen LogP contribution in [0.4, 0.5) is 11.4 Å². The van der Waals surface area contributed by atoms with Crippen LogP contribution in [0.5, 0.6) is 5.75 Å². The van der Waals surface area contributed by atoms with Gasteiger partial charge in [0.2, 0.25) is 5.91 Å². The first-order valence-corrected chi connectivity index (χ1v) is 5.35. The molecule has 0 saturated carbocycles. The second-order valence-electron chi connectivity index (χ2n) is 4.59. The summed E-state index contributed by atoms with van der Waals surface area (Å²) in [5.41, 5.74) is 4.45. The predicted octanol–water partition coefficient (Wildman–Crippen LogP) is 1.03. The number of fused-ring (bicyclic) bond motifs is 1. The summed E-state index contributed by atoms with van der Waals surface area (Å²) >= 11 is 0. The van der Waals surface area contributed by atoms with Gasteiger partial charge in [-0.3, -0.25) is 14.9 Å². The van der Waals surface area contributed by atoms with E-state index in [1.54, 1.807) is 19.9 Å². The maximum Gasteiger partial charge on any atom is 0.296 e. The highest BCUT2D eigenvalue weighted by Crippen LogP contribution is 2.41. The van der Waals surface area contributed by atoms with Gasteiger partial charge in [-0.05, 0) is 19.9 Å². The Morgan fingerprint density at radius 1 is 1.56 bits per heavy atom. The zero-order chi connectivity index (χ0) is 13.5. The predicted molar refractivity (Wildman–Crippen MR) is 64.4 cm³/mol. The van der Waals surface area contributed by atoms with E-state index in [-0.39, 0.29) is 11.4 Å². The van der Waals surface area contributed by atoms with Crippen LogP contribution >= 0.6 is 0 Å². The molecule has 1 unspecified atom stereocenters. The van der Waals surface area contributed by atoms with Crippen molar-refractivity contribution in [3.05, 3.63) is 28.3 Å². The van der Waals surface area contributed by atoms with E-state index in [1.807, 2.05) is 0 Å². The molecule has 1 aromatic carbocycles. The van der Waals surface area contributed by atoms with E-state index in [0.29, 0.717) is 5.75 Å². The first-order valence-electron chi connectivity index (χ1n) is 5.35. The number of carbonyl (C=O) groups excluding carboxylic acids is 1. The second kappa shape index (κ2) is 3.86. The molecular formula is C11H13N3O4. The number of nitro benzene ring substituents is 1. The number of hydrogen-bond donors (Lipinski definition) is 2. The zero-order valence-corrected chi connectivity index (χ0v) is 9.97. The van der Waals surface area contributed by atoms with E-state index in [1.165, 1.54) is 12.1 Å². The van der Waals surface area contributed by atoms with Crippen molar-refractivity contribution in [1.82, 2.24) is 0 Å². The van der Waals surface area contributed by atoms with Gasteiger partial charge in [-0.15, -0.1) is 0 Å². The summed E-state index contributed by atoms with van der Waals surface area (Å²) in [6, 6.07) is 3.64. The normalized spacial score (nSPS) is 20.2. The van der Waals surface area contributed by atoms with Crippen molar-refractivity contribution in [2.45, 2.75) is 25.5 Å². The highest BCUT2D eigenvalue weighted by molar-refractivity contribution is 5.87. The van der Waals surface area contributed by atoms with Gasteiger partial charge in [0.15, 0.2) is 5.69 Å². The summed E-state index contributed by atoms with van der Waals surface area (Å²) in [6.07, 6.45) is 0. The number of nitrogens with one attached hydrogen (secondary N) is 1. The molecule has 1 atom stereocenters. The number of amides is 1. The average Bonchev–Trinajstić information content (AvgIpc) is 2.25. The Morgan fingerprint density at radius 3 is 2.78 bits per heavy atom. The number of primary amides is 1. The maximum atomic E-state index is 11.4. The molecule has 0 aromatic heterocycles. The number of carbonyl (C=O) groups is 1. The largest absolute Gasteiger partial charge is 0.483 e. The molecule has 0 spiro atoms. The fourth-order valence-corrected chi connectivity index (χ4v) is 1.98. The quantitative estimate of drug-likeness (QED) is 0.603. The Hall–Kier alpha value is -2.31. The number of benzene rings is 1. The van der Waals surface area contributed by atoms with Gasteiger partial charge in [-0.25, -0.2) is 0 Å². The van der Waals surface area contributed by atoms with Gasteiger partial charge in [-0.1, -0.05) is 6.07 Å². The summed E-state index contributed by atoms with van der Waals surface area (Å²) in [7, 11) is 0. The zero-order valence-electron chi connectivity index (χ0n) is 9.97. The smallest absolute Gasteiger partial charge is 0.296 e.